The Kier molecular flexibility index (Phi) is 7.85. The fourth-order valence-corrected chi connectivity index (χ4v) is 5.16. The van der Waals surface area contributed by atoms with Gasteiger partial charge in [-0.3, -0.25) is 14.2 Å². The number of carbonyl (C=O) groups excluding carboxylic acids is 2. The number of fused-ring (bicyclic) bond motifs is 2. The molecule has 0 fully saturated rings. The molecule has 0 saturated carbocycles. The van der Waals surface area contributed by atoms with Gasteiger partial charge in [-0.1, -0.05) is 18.7 Å². The van der Waals surface area contributed by atoms with Crippen molar-refractivity contribution in [1.82, 2.24) is 29.3 Å². The number of nitrogens with zero attached hydrogens (tertiary/aromatic N) is 6. The molecule has 5 N–H and O–H groups in total. The summed E-state index contributed by atoms with van der Waals surface area (Å²) < 4.78 is 16.2. The molecule has 12 heteroatoms. The zero-order valence-electron chi connectivity index (χ0n) is 24.0. The van der Waals surface area contributed by atoms with Crippen LogP contribution >= 0.6 is 0 Å². The van der Waals surface area contributed by atoms with Crippen LogP contribution in [-0.4, -0.2) is 41.1 Å². The average molecular weight is 602 g/mol. The predicted octanol–water partition coefficient (Wildman–Crippen LogP) is 4.95. The first kappa shape index (κ1) is 28.9. The van der Waals surface area contributed by atoms with Crippen molar-refractivity contribution in [1.29, 1.82) is 0 Å². The van der Waals surface area contributed by atoms with Crippen molar-refractivity contribution in [2.24, 2.45) is 5.73 Å². The smallest absolute Gasteiger partial charge is 0.283 e. The van der Waals surface area contributed by atoms with Crippen LogP contribution in [0.1, 0.15) is 27.9 Å². The number of carbonyl (C=O) groups is 2. The normalized spacial score (nSPS) is 11.8. The number of rotatable bonds is 6. The fraction of sp³-hybridized carbons (Fsp3) is 0.0909. The molecule has 1 aliphatic carbocycles. The Bertz CT molecular complexity index is 2070. The fourth-order valence-electron chi connectivity index (χ4n) is 5.16. The Morgan fingerprint density at radius 1 is 0.933 bits per heavy atom. The lowest BCUT2D eigenvalue weighted by Crippen LogP contribution is -2.14. The molecular formula is C33H28FN9O2. The number of benzene rings is 2. The Morgan fingerprint density at radius 2 is 1.78 bits per heavy atom. The maximum atomic E-state index is 12.3. The third kappa shape index (κ3) is 6.02. The van der Waals surface area contributed by atoms with E-state index < -0.39 is 17.6 Å². The van der Waals surface area contributed by atoms with Gasteiger partial charge in [0.15, 0.2) is 23.1 Å². The van der Waals surface area contributed by atoms with Crippen LogP contribution in [0.25, 0.3) is 34.1 Å². The van der Waals surface area contributed by atoms with Gasteiger partial charge in [0.1, 0.15) is 11.3 Å². The minimum absolute atomic E-state index is 0.234. The maximum Gasteiger partial charge on any atom is 0.283 e. The van der Waals surface area contributed by atoms with Crippen molar-refractivity contribution in [3.05, 3.63) is 120 Å². The van der Waals surface area contributed by atoms with Crippen LogP contribution in [0.5, 0.6) is 0 Å². The zero-order valence-corrected chi connectivity index (χ0v) is 24.0. The molecule has 0 radical (unpaired) electrons. The van der Waals surface area contributed by atoms with Crippen molar-refractivity contribution in [2.45, 2.75) is 19.3 Å². The first-order valence-corrected chi connectivity index (χ1v) is 14.1. The van der Waals surface area contributed by atoms with E-state index in [1.54, 1.807) is 17.1 Å². The van der Waals surface area contributed by atoms with Crippen molar-refractivity contribution in [2.75, 3.05) is 11.1 Å². The molecular weight excluding hydrogens is 573 g/mol. The first-order valence-electron chi connectivity index (χ1n) is 14.1. The molecule has 4 heterocycles. The number of anilines is 2. The van der Waals surface area contributed by atoms with Crippen LogP contribution in [0, 0.1) is 0 Å². The van der Waals surface area contributed by atoms with Crippen LogP contribution in [0.3, 0.4) is 0 Å². The molecule has 0 aliphatic heterocycles. The topological polar surface area (TPSA) is 160 Å². The summed E-state index contributed by atoms with van der Waals surface area (Å²) in [5.41, 5.74) is 18.0. The number of hydrogen-bond acceptors (Lipinski definition) is 7. The van der Waals surface area contributed by atoms with E-state index in [9.17, 15) is 14.0 Å². The summed E-state index contributed by atoms with van der Waals surface area (Å²) in [5, 5.41) is 6.53. The molecule has 11 nitrogen and oxygen atoms in total. The van der Waals surface area contributed by atoms with Gasteiger partial charge in [-0.05, 0) is 91.1 Å². The van der Waals surface area contributed by atoms with Crippen molar-refractivity contribution >= 4 is 34.5 Å². The summed E-state index contributed by atoms with van der Waals surface area (Å²) in [4.78, 5) is 35.7. The molecule has 0 atom stereocenters. The van der Waals surface area contributed by atoms with Gasteiger partial charge in [-0.15, -0.1) is 0 Å². The molecule has 0 spiro atoms. The van der Waals surface area contributed by atoms with Crippen LogP contribution < -0.4 is 16.8 Å². The molecule has 2 aromatic carbocycles. The van der Waals surface area contributed by atoms with E-state index in [2.05, 4.69) is 44.7 Å². The molecule has 0 bridgehead atoms. The lowest BCUT2D eigenvalue weighted by molar-refractivity contribution is -0.114. The third-order valence-corrected chi connectivity index (χ3v) is 7.30. The number of aryl methyl sites for hydroxylation is 2. The second-order valence-electron chi connectivity index (χ2n) is 10.3. The highest BCUT2D eigenvalue weighted by molar-refractivity contribution is 6.02. The summed E-state index contributed by atoms with van der Waals surface area (Å²) >= 11 is 0. The monoisotopic (exact) mass is 601 g/mol. The number of imidazole rings is 1. The van der Waals surface area contributed by atoms with Crippen molar-refractivity contribution in [3.8, 4) is 22.9 Å². The largest absolute Gasteiger partial charge is 0.383 e. The second kappa shape index (κ2) is 12.2. The standard InChI is InChI=1S/C23H19N7.C10H9FN2O2/c24-21-18(6-2-11-25-21)22-27-19-9-10-20(29-13-3-12-26-29)28-23(19)30(22)17-8-7-15-4-1-5-16(15)14-17;1-6(11)10(15)13-8-4-2-3-7(5-8)9(12)14/h2-3,6-14H,1,4-5H2,(H2,24,25);2-5H,1H2,(H2,12,14)(H,13,15). The molecule has 0 saturated heterocycles. The van der Waals surface area contributed by atoms with Gasteiger partial charge in [-0.25, -0.2) is 24.0 Å². The molecule has 1 aliphatic rings. The van der Waals surface area contributed by atoms with E-state index in [1.165, 1.54) is 41.8 Å². The Labute approximate surface area is 257 Å². The quantitative estimate of drug-likeness (QED) is 0.228. The number of halogens is 1. The number of nitrogens with one attached hydrogen (secondary N) is 1. The van der Waals surface area contributed by atoms with Crippen LogP contribution in [0.4, 0.5) is 15.9 Å². The van der Waals surface area contributed by atoms with Gasteiger partial charge >= 0.3 is 0 Å². The van der Waals surface area contributed by atoms with Crippen LogP contribution in [0.15, 0.2) is 104 Å². The Balaban J connectivity index is 0.000000202. The van der Waals surface area contributed by atoms with Gasteiger partial charge in [0.05, 0.1) is 5.56 Å². The van der Waals surface area contributed by atoms with E-state index in [-0.39, 0.29) is 11.3 Å². The summed E-state index contributed by atoms with van der Waals surface area (Å²) in [7, 11) is 0. The minimum atomic E-state index is -1.10. The predicted molar refractivity (Wildman–Crippen MR) is 169 cm³/mol. The van der Waals surface area contributed by atoms with E-state index in [0.717, 1.165) is 46.9 Å². The second-order valence-corrected chi connectivity index (χ2v) is 10.3. The van der Waals surface area contributed by atoms with E-state index in [1.807, 2.05) is 36.5 Å². The van der Waals surface area contributed by atoms with Crippen molar-refractivity contribution in [3.63, 3.8) is 0 Å². The summed E-state index contributed by atoms with van der Waals surface area (Å²) in [6.07, 6.45) is 8.76. The lowest BCUT2D eigenvalue weighted by atomic mass is 10.1. The summed E-state index contributed by atoms with van der Waals surface area (Å²) in [6.45, 7) is 2.84. The van der Waals surface area contributed by atoms with Gasteiger partial charge in [0, 0.05) is 35.5 Å². The number of pyridine rings is 2. The Hall–Kier alpha value is -6.17. The molecule has 45 heavy (non-hydrogen) atoms. The van der Waals surface area contributed by atoms with Crippen LogP contribution in [-0.2, 0) is 17.6 Å². The molecule has 224 valence electrons. The summed E-state index contributed by atoms with van der Waals surface area (Å²) in [6, 6.07) is 22.1. The minimum Gasteiger partial charge on any atom is -0.383 e. The van der Waals surface area contributed by atoms with E-state index in [4.69, 9.17) is 21.4 Å². The molecule has 7 rings (SSSR count). The van der Waals surface area contributed by atoms with Gasteiger partial charge in [0.25, 0.3) is 5.91 Å². The maximum absolute atomic E-state index is 12.3. The number of nitrogens with two attached hydrogens (primary N) is 2. The zero-order chi connectivity index (χ0) is 31.5. The van der Waals surface area contributed by atoms with E-state index in [0.29, 0.717) is 5.82 Å². The summed E-state index contributed by atoms with van der Waals surface area (Å²) in [5.74, 6) is -0.747. The molecule has 4 aromatic heterocycles. The average Bonchev–Trinajstić information content (AvgIpc) is 3.81. The van der Waals surface area contributed by atoms with Crippen molar-refractivity contribution < 1.29 is 14.0 Å². The number of nitrogen functional groups attached to an aromatic ring is 1. The molecule has 6 aromatic rings. The highest BCUT2D eigenvalue weighted by Crippen LogP contribution is 2.32. The first-order chi connectivity index (χ1) is 21.8. The molecule has 0 unspecified atom stereocenters. The highest BCUT2D eigenvalue weighted by Gasteiger charge is 2.20. The van der Waals surface area contributed by atoms with Crippen LogP contribution in [0.2, 0.25) is 0 Å². The Morgan fingerprint density at radius 3 is 2.53 bits per heavy atom. The third-order valence-electron chi connectivity index (χ3n) is 7.30. The number of aromatic nitrogens is 6. The highest BCUT2D eigenvalue weighted by atomic mass is 19.1. The molecule has 2 amide bonds. The van der Waals surface area contributed by atoms with E-state index >= 15 is 0 Å². The van der Waals surface area contributed by atoms with Gasteiger partial charge in [-0.2, -0.15) is 5.10 Å². The number of hydrogen-bond donors (Lipinski definition) is 3. The van der Waals surface area contributed by atoms with Gasteiger partial charge in [0.2, 0.25) is 5.91 Å². The lowest BCUT2D eigenvalue weighted by Gasteiger charge is -2.12. The SMILES string of the molecule is C=C(F)C(=O)Nc1cccc(C(N)=O)c1.Nc1ncccc1-c1nc2ccc(-n3cccn3)nc2n1-c1ccc2c(c1)CCC2. The number of amides is 2. The number of primary amides is 1. The van der Waals surface area contributed by atoms with Gasteiger partial charge < -0.3 is 16.8 Å².